The summed E-state index contributed by atoms with van der Waals surface area (Å²) in [6.45, 7) is 3.84. The van der Waals surface area contributed by atoms with Gasteiger partial charge < -0.3 is 9.30 Å². The van der Waals surface area contributed by atoms with Crippen LogP contribution in [0.15, 0.2) is 17.1 Å². The van der Waals surface area contributed by atoms with Crippen LogP contribution in [0.1, 0.15) is 32.3 Å². The van der Waals surface area contributed by atoms with Gasteiger partial charge in [0, 0.05) is 31.8 Å². The van der Waals surface area contributed by atoms with E-state index in [0.29, 0.717) is 5.56 Å². The van der Waals surface area contributed by atoms with E-state index in [1.807, 2.05) is 13.8 Å². The number of aromatic nitrogens is 1. The van der Waals surface area contributed by atoms with Crippen molar-refractivity contribution in [2.24, 2.45) is 7.05 Å². The van der Waals surface area contributed by atoms with E-state index in [1.54, 1.807) is 17.8 Å². The van der Waals surface area contributed by atoms with E-state index in [2.05, 4.69) is 0 Å². The van der Waals surface area contributed by atoms with Crippen LogP contribution in [0.4, 0.5) is 8.78 Å². The molecular weight excluding hydrogens is 228 g/mol. The molecule has 0 N–H and O–H groups in total. The van der Waals surface area contributed by atoms with Crippen molar-refractivity contribution in [2.45, 2.75) is 32.6 Å². The molecule has 17 heavy (non-hydrogen) atoms. The van der Waals surface area contributed by atoms with Gasteiger partial charge in [-0.15, -0.1) is 0 Å². The molecule has 0 aliphatic carbocycles. The molecule has 0 atom stereocenters. The SMILES string of the molecule is CC(C)c1cn(C)c(OCC(C)(F)F)cc1=O. The van der Waals surface area contributed by atoms with Gasteiger partial charge in [0.2, 0.25) is 0 Å². The van der Waals surface area contributed by atoms with E-state index < -0.39 is 12.5 Å². The summed E-state index contributed by atoms with van der Waals surface area (Å²) in [7, 11) is 1.66. The van der Waals surface area contributed by atoms with Crippen LogP contribution in [-0.2, 0) is 7.05 Å². The Morgan fingerprint density at radius 3 is 2.53 bits per heavy atom. The lowest BCUT2D eigenvalue weighted by atomic mass is 10.1. The zero-order valence-electron chi connectivity index (χ0n) is 10.5. The summed E-state index contributed by atoms with van der Waals surface area (Å²) in [5, 5.41) is 0. The maximum atomic E-state index is 12.6. The number of ether oxygens (including phenoxy) is 1. The molecule has 0 amide bonds. The van der Waals surface area contributed by atoms with Crippen molar-refractivity contribution >= 4 is 0 Å². The third-order valence-corrected chi connectivity index (χ3v) is 2.31. The lowest BCUT2D eigenvalue weighted by molar-refractivity contribution is -0.0252. The molecule has 0 saturated carbocycles. The lowest BCUT2D eigenvalue weighted by Crippen LogP contribution is -2.23. The van der Waals surface area contributed by atoms with Gasteiger partial charge >= 0.3 is 0 Å². The van der Waals surface area contributed by atoms with Crippen molar-refractivity contribution < 1.29 is 13.5 Å². The summed E-state index contributed by atoms with van der Waals surface area (Å²) < 4.78 is 31.7. The Kier molecular flexibility index (Phi) is 3.91. The highest BCUT2D eigenvalue weighted by Crippen LogP contribution is 2.17. The molecule has 0 aliphatic heterocycles. The van der Waals surface area contributed by atoms with E-state index in [9.17, 15) is 13.6 Å². The molecule has 1 rings (SSSR count). The summed E-state index contributed by atoms with van der Waals surface area (Å²) >= 11 is 0. The van der Waals surface area contributed by atoms with Crippen molar-refractivity contribution in [2.75, 3.05) is 6.61 Å². The number of hydrogen-bond donors (Lipinski definition) is 0. The second kappa shape index (κ2) is 4.85. The van der Waals surface area contributed by atoms with Crippen molar-refractivity contribution in [3.63, 3.8) is 0 Å². The first-order valence-electron chi connectivity index (χ1n) is 5.42. The highest BCUT2D eigenvalue weighted by atomic mass is 19.3. The van der Waals surface area contributed by atoms with Crippen LogP contribution >= 0.6 is 0 Å². The number of rotatable bonds is 4. The van der Waals surface area contributed by atoms with Gasteiger partial charge in [-0.25, -0.2) is 8.78 Å². The first-order chi connectivity index (χ1) is 7.70. The predicted molar refractivity (Wildman–Crippen MR) is 61.9 cm³/mol. The van der Waals surface area contributed by atoms with Crippen molar-refractivity contribution in [3.05, 3.63) is 28.0 Å². The number of alkyl halides is 2. The summed E-state index contributed by atoms with van der Waals surface area (Å²) in [5.74, 6) is -2.66. The Morgan fingerprint density at radius 2 is 2.06 bits per heavy atom. The van der Waals surface area contributed by atoms with Crippen LogP contribution in [0, 0.1) is 0 Å². The molecule has 0 bridgehead atoms. The molecule has 1 heterocycles. The first kappa shape index (κ1) is 13.7. The summed E-state index contributed by atoms with van der Waals surface area (Å²) in [6, 6.07) is 1.25. The van der Waals surface area contributed by atoms with Crippen LogP contribution in [0.3, 0.4) is 0 Å². The summed E-state index contributed by atoms with van der Waals surface area (Å²) in [6.07, 6.45) is 1.62. The number of aryl methyl sites for hydroxylation is 1. The molecular formula is C12H17F2NO2. The van der Waals surface area contributed by atoms with Crippen molar-refractivity contribution in [1.29, 1.82) is 0 Å². The fraction of sp³-hybridized carbons (Fsp3) is 0.583. The van der Waals surface area contributed by atoms with Crippen molar-refractivity contribution in [1.82, 2.24) is 4.57 Å². The quantitative estimate of drug-likeness (QED) is 0.816. The van der Waals surface area contributed by atoms with Gasteiger partial charge in [0.1, 0.15) is 0 Å². The van der Waals surface area contributed by atoms with Gasteiger partial charge in [-0.1, -0.05) is 13.8 Å². The van der Waals surface area contributed by atoms with Crippen LogP contribution in [0.5, 0.6) is 5.88 Å². The molecule has 1 aromatic rings. The minimum absolute atomic E-state index is 0.0929. The lowest BCUT2D eigenvalue weighted by Gasteiger charge is -2.16. The van der Waals surface area contributed by atoms with Crippen LogP contribution in [-0.4, -0.2) is 17.1 Å². The monoisotopic (exact) mass is 245 g/mol. The van der Waals surface area contributed by atoms with Crippen LogP contribution in [0.2, 0.25) is 0 Å². The summed E-state index contributed by atoms with van der Waals surface area (Å²) in [4.78, 5) is 11.7. The van der Waals surface area contributed by atoms with Gasteiger partial charge in [-0.2, -0.15) is 0 Å². The van der Waals surface area contributed by atoms with E-state index in [1.165, 1.54) is 6.07 Å². The highest BCUT2D eigenvalue weighted by molar-refractivity contribution is 5.22. The molecule has 0 spiro atoms. The second-order valence-corrected chi connectivity index (χ2v) is 4.56. The normalized spacial score (nSPS) is 11.9. The molecule has 0 fully saturated rings. The molecule has 0 aliphatic rings. The zero-order valence-corrected chi connectivity index (χ0v) is 10.5. The second-order valence-electron chi connectivity index (χ2n) is 4.56. The minimum atomic E-state index is -2.91. The highest BCUT2D eigenvalue weighted by Gasteiger charge is 2.22. The fourth-order valence-electron chi connectivity index (χ4n) is 1.41. The third kappa shape index (κ3) is 3.84. The van der Waals surface area contributed by atoms with Crippen LogP contribution in [0.25, 0.3) is 0 Å². The maximum Gasteiger partial charge on any atom is 0.278 e. The van der Waals surface area contributed by atoms with Gasteiger partial charge in [0.05, 0.1) is 0 Å². The predicted octanol–water partition coefficient (Wildman–Crippen LogP) is 2.54. The smallest absolute Gasteiger partial charge is 0.278 e. The zero-order chi connectivity index (χ0) is 13.2. The number of halogens is 2. The van der Waals surface area contributed by atoms with Gasteiger partial charge in [-0.3, -0.25) is 4.79 Å². The molecule has 1 aromatic heterocycles. The molecule has 0 radical (unpaired) electrons. The standard InChI is InChI=1S/C12H17F2NO2/c1-8(2)9-6-15(4)11(5-10(9)16)17-7-12(3,13)14/h5-6,8H,7H2,1-4H3. The molecule has 0 saturated heterocycles. The maximum absolute atomic E-state index is 12.6. The molecule has 0 unspecified atom stereocenters. The molecule has 96 valence electrons. The Labute approximate surface area is 99.0 Å². The van der Waals surface area contributed by atoms with E-state index in [-0.39, 0.29) is 17.2 Å². The molecule has 3 nitrogen and oxygen atoms in total. The van der Waals surface area contributed by atoms with Gasteiger partial charge in [0.15, 0.2) is 17.9 Å². The number of nitrogens with zero attached hydrogens (tertiary/aromatic N) is 1. The summed E-state index contributed by atoms with van der Waals surface area (Å²) in [5.41, 5.74) is 0.454. The molecule has 5 heteroatoms. The van der Waals surface area contributed by atoms with E-state index in [4.69, 9.17) is 4.74 Å². The number of pyridine rings is 1. The fourth-order valence-corrected chi connectivity index (χ4v) is 1.41. The first-order valence-corrected chi connectivity index (χ1v) is 5.42. The topological polar surface area (TPSA) is 31.2 Å². The average Bonchev–Trinajstić information content (AvgIpc) is 2.17. The van der Waals surface area contributed by atoms with Gasteiger partial charge in [-0.05, 0) is 5.92 Å². The Hall–Kier alpha value is -1.39. The van der Waals surface area contributed by atoms with E-state index in [0.717, 1.165) is 6.92 Å². The largest absolute Gasteiger partial charge is 0.472 e. The third-order valence-electron chi connectivity index (χ3n) is 2.31. The van der Waals surface area contributed by atoms with Crippen molar-refractivity contribution in [3.8, 4) is 5.88 Å². The van der Waals surface area contributed by atoms with Crippen LogP contribution < -0.4 is 10.2 Å². The Morgan fingerprint density at radius 1 is 1.47 bits per heavy atom. The average molecular weight is 245 g/mol. The number of hydrogen-bond acceptors (Lipinski definition) is 2. The molecule has 0 aromatic carbocycles. The Bertz CT molecular complexity index is 447. The Balaban J connectivity index is 2.96. The minimum Gasteiger partial charge on any atom is -0.472 e. The van der Waals surface area contributed by atoms with E-state index >= 15 is 0 Å². The van der Waals surface area contributed by atoms with Gasteiger partial charge in [0.25, 0.3) is 5.92 Å².